The lowest BCUT2D eigenvalue weighted by atomic mass is 10.1. The summed E-state index contributed by atoms with van der Waals surface area (Å²) >= 11 is 0. The highest BCUT2D eigenvalue weighted by Gasteiger charge is 2.30. The first-order valence-corrected chi connectivity index (χ1v) is 9.51. The molecule has 0 bridgehead atoms. The molecular weight excluding hydrogens is 423 g/mol. The van der Waals surface area contributed by atoms with Gasteiger partial charge in [0.15, 0.2) is 0 Å². The van der Waals surface area contributed by atoms with Gasteiger partial charge in [-0.1, -0.05) is 18.2 Å². The molecule has 3 N–H and O–H groups in total. The molecule has 3 aromatic carbocycles. The number of amides is 2. The number of halogens is 3. The van der Waals surface area contributed by atoms with Gasteiger partial charge in [0.05, 0.1) is 19.2 Å². The van der Waals surface area contributed by atoms with Crippen LogP contribution in [0.5, 0.6) is 5.75 Å². The maximum atomic E-state index is 12.8. The summed E-state index contributed by atoms with van der Waals surface area (Å²) in [4.78, 5) is 24.7. The van der Waals surface area contributed by atoms with E-state index < -0.39 is 17.6 Å². The van der Waals surface area contributed by atoms with Crippen molar-refractivity contribution in [2.24, 2.45) is 0 Å². The van der Waals surface area contributed by atoms with E-state index >= 15 is 0 Å². The fraction of sp³-hybridized carbons (Fsp3) is 0.130. The average molecular weight is 443 g/mol. The van der Waals surface area contributed by atoms with Crippen LogP contribution in [0.3, 0.4) is 0 Å². The van der Waals surface area contributed by atoms with Gasteiger partial charge in [-0.2, -0.15) is 13.2 Å². The molecule has 0 aromatic heterocycles. The summed E-state index contributed by atoms with van der Waals surface area (Å²) in [6, 6.07) is 17.5. The standard InChI is InChI=1S/C23H20F3N3O3/c1-32-20-10-4-7-17(13-20)27-14-21(30)28-18-8-2-5-15(11-18)22(31)29-19-9-3-6-16(12-19)23(24,25)26/h2-13,27H,14H2,1H3,(H,28,30)(H,29,31). The highest BCUT2D eigenvalue weighted by Crippen LogP contribution is 2.30. The number of methoxy groups -OCH3 is 1. The lowest BCUT2D eigenvalue weighted by Crippen LogP contribution is -2.22. The number of rotatable bonds is 7. The van der Waals surface area contributed by atoms with E-state index in [2.05, 4.69) is 16.0 Å². The third-order valence-corrected chi connectivity index (χ3v) is 4.38. The molecule has 2 amide bonds. The minimum absolute atomic E-state index is 0.0155. The van der Waals surface area contributed by atoms with Crippen LogP contribution in [0.25, 0.3) is 0 Å². The number of carbonyl (C=O) groups is 2. The number of hydrogen-bond donors (Lipinski definition) is 3. The number of benzene rings is 3. The van der Waals surface area contributed by atoms with Crippen LogP contribution in [0, 0.1) is 0 Å². The monoisotopic (exact) mass is 443 g/mol. The Bertz CT molecular complexity index is 1120. The second-order valence-electron chi connectivity index (χ2n) is 6.75. The van der Waals surface area contributed by atoms with E-state index in [4.69, 9.17) is 4.74 Å². The van der Waals surface area contributed by atoms with Crippen LogP contribution in [0.15, 0.2) is 72.8 Å². The molecule has 0 radical (unpaired) electrons. The number of ether oxygens (including phenoxy) is 1. The number of anilines is 3. The Kier molecular flexibility index (Phi) is 6.99. The predicted molar refractivity (Wildman–Crippen MR) is 116 cm³/mol. The molecule has 166 valence electrons. The molecule has 32 heavy (non-hydrogen) atoms. The maximum Gasteiger partial charge on any atom is 0.416 e. The zero-order chi connectivity index (χ0) is 23.1. The minimum atomic E-state index is -4.51. The van der Waals surface area contributed by atoms with E-state index in [1.165, 1.54) is 24.3 Å². The van der Waals surface area contributed by atoms with Crippen molar-refractivity contribution < 1.29 is 27.5 Å². The van der Waals surface area contributed by atoms with Crippen LogP contribution >= 0.6 is 0 Å². The average Bonchev–Trinajstić information content (AvgIpc) is 2.77. The van der Waals surface area contributed by atoms with E-state index in [1.54, 1.807) is 43.5 Å². The predicted octanol–water partition coefficient (Wildman–Crippen LogP) is 5.02. The van der Waals surface area contributed by atoms with Crippen molar-refractivity contribution in [3.63, 3.8) is 0 Å². The largest absolute Gasteiger partial charge is 0.497 e. The highest BCUT2D eigenvalue weighted by atomic mass is 19.4. The summed E-state index contributed by atoms with van der Waals surface area (Å²) in [5.74, 6) is -0.298. The summed E-state index contributed by atoms with van der Waals surface area (Å²) in [5.41, 5.74) is 0.412. The summed E-state index contributed by atoms with van der Waals surface area (Å²) in [5, 5.41) is 8.06. The first-order chi connectivity index (χ1) is 15.2. The van der Waals surface area contributed by atoms with Crippen molar-refractivity contribution in [2.75, 3.05) is 29.6 Å². The summed E-state index contributed by atoms with van der Waals surface area (Å²) < 4.78 is 43.7. The molecule has 6 nitrogen and oxygen atoms in total. The third kappa shape index (κ3) is 6.24. The van der Waals surface area contributed by atoms with E-state index in [1.807, 2.05) is 0 Å². The van der Waals surface area contributed by atoms with Gasteiger partial charge < -0.3 is 20.7 Å². The van der Waals surface area contributed by atoms with Crippen molar-refractivity contribution in [1.82, 2.24) is 0 Å². The Morgan fingerprint density at radius 1 is 0.844 bits per heavy atom. The molecule has 0 heterocycles. The second kappa shape index (κ2) is 9.86. The van der Waals surface area contributed by atoms with Gasteiger partial charge >= 0.3 is 6.18 Å². The topological polar surface area (TPSA) is 79.5 Å². The summed E-state index contributed by atoms with van der Waals surface area (Å²) in [6.07, 6.45) is -4.51. The third-order valence-electron chi connectivity index (χ3n) is 4.38. The van der Waals surface area contributed by atoms with Gasteiger partial charge in [0.2, 0.25) is 5.91 Å². The molecule has 0 fully saturated rings. The Hall–Kier alpha value is -4.01. The number of hydrogen-bond acceptors (Lipinski definition) is 4. The van der Waals surface area contributed by atoms with Crippen LogP contribution in [0.2, 0.25) is 0 Å². The van der Waals surface area contributed by atoms with Crippen molar-refractivity contribution in [3.05, 3.63) is 83.9 Å². The first kappa shape index (κ1) is 22.7. The summed E-state index contributed by atoms with van der Waals surface area (Å²) in [7, 11) is 1.54. The molecule has 3 aromatic rings. The number of nitrogens with one attached hydrogen (secondary N) is 3. The Balaban J connectivity index is 1.61. The zero-order valence-electron chi connectivity index (χ0n) is 17.0. The molecule has 9 heteroatoms. The van der Waals surface area contributed by atoms with Crippen LogP contribution < -0.4 is 20.7 Å². The zero-order valence-corrected chi connectivity index (χ0v) is 17.0. The summed E-state index contributed by atoms with van der Waals surface area (Å²) in [6.45, 7) is -0.0200. The molecule has 0 aliphatic rings. The van der Waals surface area contributed by atoms with E-state index in [0.29, 0.717) is 17.1 Å². The molecule has 0 saturated carbocycles. The van der Waals surface area contributed by atoms with Gasteiger partial charge in [-0.25, -0.2) is 0 Å². The van der Waals surface area contributed by atoms with Crippen molar-refractivity contribution in [1.29, 1.82) is 0 Å². The van der Waals surface area contributed by atoms with Crippen molar-refractivity contribution in [2.45, 2.75) is 6.18 Å². The fourth-order valence-corrected chi connectivity index (χ4v) is 2.84. The molecule has 3 rings (SSSR count). The van der Waals surface area contributed by atoms with Crippen molar-refractivity contribution in [3.8, 4) is 5.75 Å². The van der Waals surface area contributed by atoms with Gasteiger partial charge in [-0.15, -0.1) is 0 Å². The SMILES string of the molecule is COc1cccc(NCC(=O)Nc2cccc(C(=O)Nc3cccc(C(F)(F)F)c3)c2)c1. The number of alkyl halides is 3. The Morgan fingerprint density at radius 2 is 1.50 bits per heavy atom. The van der Waals surface area contributed by atoms with Gasteiger partial charge in [0.1, 0.15) is 5.75 Å². The van der Waals surface area contributed by atoms with Crippen LogP contribution in [0.1, 0.15) is 15.9 Å². The molecule has 0 saturated heterocycles. The lowest BCUT2D eigenvalue weighted by Gasteiger charge is -2.11. The molecular formula is C23H20F3N3O3. The van der Waals surface area contributed by atoms with E-state index in [-0.39, 0.29) is 23.7 Å². The lowest BCUT2D eigenvalue weighted by molar-refractivity contribution is -0.137. The first-order valence-electron chi connectivity index (χ1n) is 9.51. The number of carbonyl (C=O) groups excluding carboxylic acids is 2. The molecule has 0 aliphatic heterocycles. The minimum Gasteiger partial charge on any atom is -0.497 e. The van der Waals surface area contributed by atoms with Crippen LogP contribution in [-0.4, -0.2) is 25.5 Å². The molecule has 0 spiro atoms. The quantitative estimate of drug-likeness (QED) is 0.479. The maximum absolute atomic E-state index is 12.8. The Labute approximate surface area is 182 Å². The molecule has 0 atom stereocenters. The van der Waals surface area contributed by atoms with Crippen molar-refractivity contribution >= 4 is 28.9 Å². The van der Waals surface area contributed by atoms with Crippen LogP contribution in [0.4, 0.5) is 30.2 Å². The van der Waals surface area contributed by atoms with E-state index in [9.17, 15) is 22.8 Å². The van der Waals surface area contributed by atoms with E-state index in [0.717, 1.165) is 12.1 Å². The smallest absolute Gasteiger partial charge is 0.416 e. The van der Waals surface area contributed by atoms with Crippen LogP contribution in [-0.2, 0) is 11.0 Å². The highest BCUT2D eigenvalue weighted by molar-refractivity contribution is 6.05. The van der Waals surface area contributed by atoms with Gasteiger partial charge in [0, 0.05) is 28.7 Å². The van der Waals surface area contributed by atoms with Gasteiger partial charge in [-0.05, 0) is 48.5 Å². The fourth-order valence-electron chi connectivity index (χ4n) is 2.84. The van der Waals surface area contributed by atoms with Gasteiger partial charge in [-0.3, -0.25) is 9.59 Å². The molecule has 0 unspecified atom stereocenters. The van der Waals surface area contributed by atoms with Gasteiger partial charge in [0.25, 0.3) is 5.91 Å². The normalized spacial score (nSPS) is 10.9. The second-order valence-corrected chi connectivity index (χ2v) is 6.75. The Morgan fingerprint density at radius 3 is 2.22 bits per heavy atom. The molecule has 0 aliphatic carbocycles.